The zero-order valence-electron chi connectivity index (χ0n) is 9.72. The number of piperidine rings is 1. The van der Waals surface area contributed by atoms with Gasteiger partial charge in [-0.05, 0) is 72.4 Å². The molecule has 1 aromatic rings. The summed E-state index contributed by atoms with van der Waals surface area (Å²) in [5.41, 5.74) is 0. The van der Waals surface area contributed by atoms with Crippen LogP contribution in [-0.4, -0.2) is 19.7 Å². The van der Waals surface area contributed by atoms with Gasteiger partial charge in [-0.2, -0.15) is 0 Å². The Hall–Kier alpha value is -0.610. The van der Waals surface area contributed by atoms with E-state index in [2.05, 4.69) is 21.2 Å². The van der Waals surface area contributed by atoms with Crippen molar-refractivity contribution in [1.29, 1.82) is 0 Å². The molecule has 1 aliphatic heterocycles. The van der Waals surface area contributed by atoms with E-state index in [0.717, 1.165) is 25.3 Å². The first kappa shape index (κ1) is 12.8. The van der Waals surface area contributed by atoms with Gasteiger partial charge in [-0.25, -0.2) is 4.39 Å². The SMILES string of the molecule is Fc1ccc(OCC[C@H]2CCCNC2)c(Br)c1. The van der Waals surface area contributed by atoms with Crippen molar-refractivity contribution in [3.05, 3.63) is 28.5 Å². The molecule has 0 unspecified atom stereocenters. The molecular weight excluding hydrogens is 285 g/mol. The predicted molar refractivity (Wildman–Crippen MR) is 69.8 cm³/mol. The summed E-state index contributed by atoms with van der Waals surface area (Å²) >= 11 is 3.30. The third-order valence-corrected chi connectivity index (χ3v) is 3.70. The molecule has 0 amide bonds. The second kappa shape index (κ2) is 6.36. The zero-order valence-corrected chi connectivity index (χ0v) is 11.3. The van der Waals surface area contributed by atoms with Gasteiger partial charge in [0.05, 0.1) is 11.1 Å². The van der Waals surface area contributed by atoms with Crippen molar-refractivity contribution >= 4 is 15.9 Å². The van der Waals surface area contributed by atoms with Gasteiger partial charge < -0.3 is 10.1 Å². The van der Waals surface area contributed by atoms with E-state index in [0.29, 0.717) is 17.0 Å². The summed E-state index contributed by atoms with van der Waals surface area (Å²) in [5, 5.41) is 3.39. The van der Waals surface area contributed by atoms with Gasteiger partial charge in [-0.3, -0.25) is 0 Å². The Bertz CT molecular complexity index is 366. The van der Waals surface area contributed by atoms with Crippen molar-refractivity contribution in [3.63, 3.8) is 0 Å². The van der Waals surface area contributed by atoms with Crippen molar-refractivity contribution < 1.29 is 9.13 Å². The van der Waals surface area contributed by atoms with Gasteiger partial charge in [-0.15, -0.1) is 0 Å². The monoisotopic (exact) mass is 301 g/mol. The van der Waals surface area contributed by atoms with Gasteiger partial charge in [0.25, 0.3) is 0 Å². The predicted octanol–water partition coefficient (Wildman–Crippen LogP) is 3.36. The van der Waals surface area contributed by atoms with Crippen molar-refractivity contribution in [1.82, 2.24) is 5.32 Å². The molecule has 1 heterocycles. The van der Waals surface area contributed by atoms with Crippen LogP contribution in [0, 0.1) is 11.7 Å². The van der Waals surface area contributed by atoms with Crippen molar-refractivity contribution in [2.45, 2.75) is 19.3 Å². The Kier molecular flexibility index (Phi) is 4.80. The minimum Gasteiger partial charge on any atom is -0.492 e. The van der Waals surface area contributed by atoms with Crippen LogP contribution in [0.2, 0.25) is 0 Å². The summed E-state index contributed by atoms with van der Waals surface area (Å²) < 4.78 is 19.2. The fourth-order valence-electron chi connectivity index (χ4n) is 2.10. The van der Waals surface area contributed by atoms with Crippen molar-refractivity contribution in [3.8, 4) is 5.75 Å². The molecule has 0 saturated carbocycles. The lowest BCUT2D eigenvalue weighted by molar-refractivity contribution is 0.253. The van der Waals surface area contributed by atoms with Crippen LogP contribution in [0.4, 0.5) is 4.39 Å². The molecule has 0 aromatic heterocycles. The number of ether oxygens (including phenoxy) is 1. The van der Waals surface area contributed by atoms with E-state index in [4.69, 9.17) is 4.74 Å². The van der Waals surface area contributed by atoms with E-state index >= 15 is 0 Å². The van der Waals surface area contributed by atoms with Crippen LogP contribution in [0.1, 0.15) is 19.3 Å². The third-order valence-electron chi connectivity index (χ3n) is 3.08. The first-order valence-electron chi connectivity index (χ1n) is 6.04. The van der Waals surface area contributed by atoms with Crippen LogP contribution in [0.3, 0.4) is 0 Å². The average molecular weight is 302 g/mol. The highest BCUT2D eigenvalue weighted by molar-refractivity contribution is 9.10. The average Bonchev–Trinajstić information content (AvgIpc) is 2.33. The first-order chi connectivity index (χ1) is 8.25. The van der Waals surface area contributed by atoms with Gasteiger partial charge >= 0.3 is 0 Å². The smallest absolute Gasteiger partial charge is 0.133 e. The minimum atomic E-state index is -0.249. The van der Waals surface area contributed by atoms with Gasteiger partial charge in [0.1, 0.15) is 11.6 Å². The van der Waals surface area contributed by atoms with Gasteiger partial charge in [0, 0.05) is 0 Å². The number of benzene rings is 1. The molecule has 0 spiro atoms. The lowest BCUT2D eigenvalue weighted by Crippen LogP contribution is -2.30. The molecule has 4 heteroatoms. The Morgan fingerprint density at radius 1 is 1.47 bits per heavy atom. The molecule has 0 bridgehead atoms. The fourth-order valence-corrected chi connectivity index (χ4v) is 2.56. The van der Waals surface area contributed by atoms with E-state index in [1.54, 1.807) is 6.07 Å². The Morgan fingerprint density at radius 2 is 2.35 bits per heavy atom. The van der Waals surface area contributed by atoms with Gasteiger partial charge in [0.2, 0.25) is 0 Å². The molecule has 0 aliphatic carbocycles. The molecule has 1 N–H and O–H groups in total. The van der Waals surface area contributed by atoms with E-state index in [1.807, 2.05) is 0 Å². The molecule has 1 atom stereocenters. The summed E-state index contributed by atoms with van der Waals surface area (Å²) in [5.74, 6) is 1.18. The van der Waals surface area contributed by atoms with Gasteiger partial charge in [-0.1, -0.05) is 0 Å². The second-order valence-corrected chi connectivity index (χ2v) is 5.28. The van der Waals surface area contributed by atoms with E-state index in [1.165, 1.54) is 25.0 Å². The standard InChI is InChI=1S/C13H17BrFNO/c14-12-8-11(15)3-4-13(12)17-7-5-10-2-1-6-16-9-10/h3-4,8,10,16H,1-2,5-7,9H2/t10-/m1/s1. The van der Waals surface area contributed by atoms with E-state index < -0.39 is 0 Å². The maximum absolute atomic E-state index is 12.9. The highest BCUT2D eigenvalue weighted by Crippen LogP contribution is 2.26. The van der Waals surface area contributed by atoms with E-state index in [-0.39, 0.29) is 5.82 Å². The quantitative estimate of drug-likeness (QED) is 0.921. The summed E-state index contributed by atoms with van der Waals surface area (Å²) in [6.07, 6.45) is 3.59. The summed E-state index contributed by atoms with van der Waals surface area (Å²) in [4.78, 5) is 0. The molecule has 2 nitrogen and oxygen atoms in total. The third kappa shape index (κ3) is 3.96. The minimum absolute atomic E-state index is 0.249. The summed E-state index contributed by atoms with van der Waals surface area (Å²) in [6.45, 7) is 2.92. The van der Waals surface area contributed by atoms with Crippen LogP contribution in [0.25, 0.3) is 0 Å². The normalized spacial score (nSPS) is 20.2. The molecule has 94 valence electrons. The second-order valence-electron chi connectivity index (χ2n) is 4.42. The number of hydrogen-bond acceptors (Lipinski definition) is 2. The summed E-state index contributed by atoms with van der Waals surface area (Å²) in [7, 11) is 0. The lowest BCUT2D eigenvalue weighted by Gasteiger charge is -2.22. The molecule has 17 heavy (non-hydrogen) atoms. The van der Waals surface area contributed by atoms with Crippen LogP contribution in [-0.2, 0) is 0 Å². The molecule has 0 radical (unpaired) electrons. The Morgan fingerprint density at radius 3 is 3.06 bits per heavy atom. The number of rotatable bonds is 4. The maximum atomic E-state index is 12.9. The van der Waals surface area contributed by atoms with Gasteiger partial charge in [0.15, 0.2) is 0 Å². The van der Waals surface area contributed by atoms with E-state index in [9.17, 15) is 4.39 Å². The molecule has 1 aliphatic rings. The number of nitrogens with one attached hydrogen (secondary N) is 1. The highest BCUT2D eigenvalue weighted by Gasteiger charge is 2.13. The molecule has 1 saturated heterocycles. The molecule has 2 rings (SSSR count). The zero-order chi connectivity index (χ0) is 12.1. The van der Waals surface area contributed by atoms with Crippen LogP contribution in [0.5, 0.6) is 5.75 Å². The summed E-state index contributed by atoms with van der Waals surface area (Å²) in [6, 6.07) is 4.51. The molecule has 1 fully saturated rings. The topological polar surface area (TPSA) is 21.3 Å². The number of hydrogen-bond donors (Lipinski definition) is 1. The maximum Gasteiger partial charge on any atom is 0.133 e. The lowest BCUT2D eigenvalue weighted by atomic mass is 9.97. The highest BCUT2D eigenvalue weighted by atomic mass is 79.9. The van der Waals surface area contributed by atoms with Crippen LogP contribution >= 0.6 is 15.9 Å². The number of halogens is 2. The van der Waals surface area contributed by atoms with Crippen molar-refractivity contribution in [2.24, 2.45) is 5.92 Å². The molecule has 1 aromatic carbocycles. The Labute approximate surface area is 110 Å². The van der Waals surface area contributed by atoms with Crippen LogP contribution < -0.4 is 10.1 Å². The first-order valence-corrected chi connectivity index (χ1v) is 6.83. The fraction of sp³-hybridized carbons (Fsp3) is 0.538. The van der Waals surface area contributed by atoms with Crippen molar-refractivity contribution in [2.75, 3.05) is 19.7 Å². The van der Waals surface area contributed by atoms with Crippen LogP contribution in [0.15, 0.2) is 22.7 Å². The Balaban J connectivity index is 1.77. The molecular formula is C13H17BrFNO. The largest absolute Gasteiger partial charge is 0.492 e.